The molecule has 0 atom stereocenters. The predicted molar refractivity (Wildman–Crippen MR) is 89.7 cm³/mol. The number of likely N-dealkylation sites (N-methyl/N-ethyl adjacent to an activating group) is 1. The van der Waals surface area contributed by atoms with Crippen molar-refractivity contribution in [2.75, 3.05) is 26.7 Å². The van der Waals surface area contributed by atoms with Crippen molar-refractivity contribution in [3.8, 4) is 5.75 Å². The van der Waals surface area contributed by atoms with E-state index in [0.717, 1.165) is 17.3 Å². The van der Waals surface area contributed by atoms with E-state index in [9.17, 15) is 4.79 Å². The van der Waals surface area contributed by atoms with Gasteiger partial charge in [-0.2, -0.15) is 0 Å². The van der Waals surface area contributed by atoms with Gasteiger partial charge in [0.25, 0.3) is 0 Å². The highest BCUT2D eigenvalue weighted by atomic mass is 35.5. The van der Waals surface area contributed by atoms with Gasteiger partial charge in [-0.1, -0.05) is 11.6 Å². The molecule has 1 heterocycles. The molecular weight excluding hydrogens is 316 g/mol. The second-order valence-electron chi connectivity index (χ2n) is 5.34. The molecule has 1 aromatic heterocycles. The number of halogens is 1. The van der Waals surface area contributed by atoms with E-state index >= 15 is 0 Å². The maximum atomic E-state index is 11.8. The molecule has 2 rings (SSSR count). The quantitative estimate of drug-likeness (QED) is 0.753. The molecule has 23 heavy (non-hydrogen) atoms. The van der Waals surface area contributed by atoms with Crippen LogP contribution in [0.4, 0.5) is 0 Å². The van der Waals surface area contributed by atoms with Crippen molar-refractivity contribution in [2.24, 2.45) is 0 Å². The van der Waals surface area contributed by atoms with Crippen LogP contribution in [0.5, 0.6) is 5.75 Å². The number of benzene rings is 1. The molecule has 124 valence electrons. The minimum absolute atomic E-state index is 0.0458. The smallest absolute Gasteiger partial charge is 0.234 e. The van der Waals surface area contributed by atoms with Crippen LogP contribution < -0.4 is 10.1 Å². The summed E-state index contributed by atoms with van der Waals surface area (Å²) in [7, 11) is 1.88. The van der Waals surface area contributed by atoms with Gasteiger partial charge in [-0.3, -0.25) is 9.69 Å². The molecule has 0 aliphatic heterocycles. The molecule has 0 saturated heterocycles. The standard InChI is InChI=1S/C17H21ClN2O3/c1-13-3-6-16(23-13)11-20(2)12-17(21)19-9-10-22-15-7-4-14(18)5-8-15/h3-8H,9-12H2,1-2H3,(H,19,21). The molecular formula is C17H21ClN2O3. The minimum Gasteiger partial charge on any atom is -0.492 e. The van der Waals surface area contributed by atoms with Gasteiger partial charge in [0.15, 0.2) is 0 Å². The Hall–Kier alpha value is -1.98. The largest absolute Gasteiger partial charge is 0.492 e. The summed E-state index contributed by atoms with van der Waals surface area (Å²) in [5.74, 6) is 2.41. The number of ether oxygens (including phenoxy) is 1. The van der Waals surface area contributed by atoms with Crippen molar-refractivity contribution in [1.82, 2.24) is 10.2 Å². The van der Waals surface area contributed by atoms with E-state index < -0.39 is 0 Å². The van der Waals surface area contributed by atoms with Crippen LogP contribution in [0.25, 0.3) is 0 Å². The average Bonchev–Trinajstić information content (AvgIpc) is 2.90. The molecule has 0 unspecified atom stereocenters. The zero-order chi connectivity index (χ0) is 16.7. The van der Waals surface area contributed by atoms with Crippen LogP contribution >= 0.6 is 11.6 Å². The summed E-state index contributed by atoms with van der Waals surface area (Å²) in [5, 5.41) is 3.49. The van der Waals surface area contributed by atoms with Crippen molar-refractivity contribution in [3.05, 3.63) is 52.9 Å². The number of furan rings is 1. The van der Waals surface area contributed by atoms with Crippen LogP contribution in [0.2, 0.25) is 5.02 Å². The SMILES string of the molecule is Cc1ccc(CN(C)CC(=O)NCCOc2ccc(Cl)cc2)o1. The van der Waals surface area contributed by atoms with Crippen molar-refractivity contribution in [3.63, 3.8) is 0 Å². The number of carbonyl (C=O) groups excluding carboxylic acids is 1. The topological polar surface area (TPSA) is 54.7 Å². The number of hydrogen-bond donors (Lipinski definition) is 1. The van der Waals surface area contributed by atoms with E-state index in [1.807, 2.05) is 31.0 Å². The Kier molecular flexibility index (Phi) is 6.50. The molecule has 1 amide bonds. The summed E-state index contributed by atoms with van der Waals surface area (Å²) < 4.78 is 11.0. The second kappa shape index (κ2) is 8.60. The number of rotatable bonds is 8. The molecule has 1 aromatic carbocycles. The van der Waals surface area contributed by atoms with Crippen molar-refractivity contribution >= 4 is 17.5 Å². The number of nitrogens with one attached hydrogen (secondary N) is 1. The number of aryl methyl sites for hydroxylation is 1. The normalized spacial score (nSPS) is 10.8. The van der Waals surface area contributed by atoms with Gasteiger partial charge in [0.1, 0.15) is 23.9 Å². The van der Waals surface area contributed by atoms with Crippen LogP contribution in [-0.2, 0) is 11.3 Å². The highest BCUT2D eigenvalue weighted by Gasteiger charge is 2.08. The highest BCUT2D eigenvalue weighted by Crippen LogP contribution is 2.15. The first kappa shape index (κ1) is 17.4. The molecule has 0 spiro atoms. The molecule has 2 aromatic rings. The van der Waals surface area contributed by atoms with Gasteiger partial charge < -0.3 is 14.5 Å². The fourth-order valence-corrected chi connectivity index (χ4v) is 2.21. The summed E-state index contributed by atoms with van der Waals surface area (Å²) in [4.78, 5) is 13.7. The van der Waals surface area contributed by atoms with Crippen LogP contribution in [0.1, 0.15) is 11.5 Å². The van der Waals surface area contributed by atoms with Gasteiger partial charge in [0, 0.05) is 5.02 Å². The van der Waals surface area contributed by atoms with Gasteiger partial charge >= 0.3 is 0 Å². The van der Waals surface area contributed by atoms with Gasteiger partial charge in [0.2, 0.25) is 5.91 Å². The van der Waals surface area contributed by atoms with E-state index in [-0.39, 0.29) is 5.91 Å². The zero-order valence-electron chi connectivity index (χ0n) is 13.3. The Morgan fingerprint density at radius 3 is 2.65 bits per heavy atom. The van der Waals surface area contributed by atoms with Gasteiger partial charge in [-0.15, -0.1) is 0 Å². The zero-order valence-corrected chi connectivity index (χ0v) is 14.1. The summed E-state index contributed by atoms with van der Waals surface area (Å²) in [6.45, 7) is 3.67. The maximum Gasteiger partial charge on any atom is 0.234 e. The summed E-state index contributed by atoms with van der Waals surface area (Å²) in [5.41, 5.74) is 0. The van der Waals surface area contributed by atoms with E-state index in [0.29, 0.717) is 31.3 Å². The first-order valence-electron chi connectivity index (χ1n) is 7.42. The number of hydrogen-bond acceptors (Lipinski definition) is 4. The third-order valence-electron chi connectivity index (χ3n) is 3.14. The molecule has 6 heteroatoms. The molecule has 0 bridgehead atoms. The summed E-state index contributed by atoms with van der Waals surface area (Å²) in [6, 6.07) is 11.0. The Morgan fingerprint density at radius 2 is 2.00 bits per heavy atom. The van der Waals surface area contributed by atoms with Crippen LogP contribution in [0.3, 0.4) is 0 Å². The van der Waals surface area contributed by atoms with Gasteiger partial charge in [-0.05, 0) is 50.4 Å². The monoisotopic (exact) mass is 336 g/mol. The summed E-state index contributed by atoms with van der Waals surface area (Å²) in [6.07, 6.45) is 0. The predicted octanol–water partition coefficient (Wildman–Crippen LogP) is 2.87. The molecule has 0 aliphatic carbocycles. The van der Waals surface area contributed by atoms with Crippen LogP contribution in [-0.4, -0.2) is 37.6 Å². The van der Waals surface area contributed by atoms with E-state index in [1.165, 1.54) is 0 Å². The fourth-order valence-electron chi connectivity index (χ4n) is 2.08. The lowest BCUT2D eigenvalue weighted by Crippen LogP contribution is -2.36. The Balaban J connectivity index is 1.61. The molecule has 0 saturated carbocycles. The lowest BCUT2D eigenvalue weighted by molar-refractivity contribution is -0.122. The third-order valence-corrected chi connectivity index (χ3v) is 3.39. The van der Waals surface area contributed by atoms with E-state index in [2.05, 4.69) is 5.32 Å². The van der Waals surface area contributed by atoms with E-state index in [1.54, 1.807) is 24.3 Å². The fraction of sp³-hybridized carbons (Fsp3) is 0.353. The van der Waals surface area contributed by atoms with Gasteiger partial charge in [0.05, 0.1) is 19.6 Å². The Morgan fingerprint density at radius 1 is 1.26 bits per heavy atom. The second-order valence-corrected chi connectivity index (χ2v) is 5.77. The molecule has 1 N–H and O–H groups in total. The third kappa shape index (κ3) is 6.34. The van der Waals surface area contributed by atoms with Crippen molar-refractivity contribution in [1.29, 1.82) is 0 Å². The van der Waals surface area contributed by atoms with Crippen molar-refractivity contribution in [2.45, 2.75) is 13.5 Å². The Bertz CT molecular complexity index is 625. The number of nitrogens with zero attached hydrogens (tertiary/aromatic N) is 1. The highest BCUT2D eigenvalue weighted by molar-refractivity contribution is 6.30. The number of amides is 1. The van der Waals surface area contributed by atoms with Crippen LogP contribution in [0.15, 0.2) is 40.8 Å². The molecule has 5 nitrogen and oxygen atoms in total. The van der Waals surface area contributed by atoms with E-state index in [4.69, 9.17) is 20.8 Å². The first-order chi connectivity index (χ1) is 11.0. The lowest BCUT2D eigenvalue weighted by atomic mass is 10.3. The summed E-state index contributed by atoms with van der Waals surface area (Å²) >= 11 is 5.80. The minimum atomic E-state index is -0.0458. The molecule has 0 radical (unpaired) electrons. The van der Waals surface area contributed by atoms with Crippen LogP contribution in [0, 0.1) is 6.92 Å². The number of carbonyl (C=O) groups is 1. The van der Waals surface area contributed by atoms with Gasteiger partial charge in [-0.25, -0.2) is 0 Å². The molecule has 0 fully saturated rings. The lowest BCUT2D eigenvalue weighted by Gasteiger charge is -2.15. The average molecular weight is 337 g/mol. The molecule has 0 aliphatic rings. The Labute approximate surface area is 141 Å². The first-order valence-corrected chi connectivity index (χ1v) is 7.79. The van der Waals surface area contributed by atoms with Crippen molar-refractivity contribution < 1.29 is 13.9 Å². The maximum absolute atomic E-state index is 11.8.